The van der Waals surface area contributed by atoms with Gasteiger partial charge in [0.2, 0.25) is 10.0 Å². The number of amides is 1. The van der Waals surface area contributed by atoms with Gasteiger partial charge in [0, 0.05) is 26.7 Å². The maximum atomic E-state index is 12.9. The van der Waals surface area contributed by atoms with Crippen LogP contribution in [0.2, 0.25) is 0 Å². The zero-order chi connectivity index (χ0) is 26.0. The number of benzene rings is 3. The van der Waals surface area contributed by atoms with Crippen LogP contribution >= 0.6 is 0 Å². The van der Waals surface area contributed by atoms with E-state index in [1.807, 2.05) is 6.92 Å². The summed E-state index contributed by atoms with van der Waals surface area (Å²) in [5.74, 6) is -0.227. The van der Waals surface area contributed by atoms with Gasteiger partial charge < -0.3 is 10.1 Å². The molecule has 1 N–H and O–H groups in total. The SMILES string of the molecule is COc1ccc(S(=O)(=O)N(C)C)cc1NC(=O)c1ccc(N(C)S(=O)(=O)c2ccc(C)cc2)cc1. The van der Waals surface area contributed by atoms with Gasteiger partial charge in [0.1, 0.15) is 5.75 Å². The van der Waals surface area contributed by atoms with Crippen molar-refractivity contribution in [2.75, 3.05) is 37.9 Å². The van der Waals surface area contributed by atoms with Crippen molar-refractivity contribution < 1.29 is 26.4 Å². The maximum absolute atomic E-state index is 12.9. The lowest BCUT2D eigenvalue weighted by atomic mass is 10.2. The van der Waals surface area contributed by atoms with E-state index in [1.54, 1.807) is 24.3 Å². The molecule has 3 aromatic carbocycles. The van der Waals surface area contributed by atoms with Crippen LogP contribution in [-0.2, 0) is 20.0 Å². The minimum atomic E-state index is -3.77. The number of hydrogen-bond donors (Lipinski definition) is 1. The first-order valence-corrected chi connectivity index (χ1v) is 13.3. The molecule has 186 valence electrons. The van der Waals surface area contributed by atoms with E-state index in [-0.39, 0.29) is 26.8 Å². The van der Waals surface area contributed by atoms with Gasteiger partial charge in [0.25, 0.3) is 15.9 Å². The van der Waals surface area contributed by atoms with Gasteiger partial charge in [-0.3, -0.25) is 9.10 Å². The number of anilines is 2. The Labute approximate surface area is 206 Å². The highest BCUT2D eigenvalue weighted by Gasteiger charge is 2.22. The van der Waals surface area contributed by atoms with Crippen LogP contribution in [0.1, 0.15) is 15.9 Å². The summed E-state index contributed by atoms with van der Waals surface area (Å²) in [7, 11) is -1.82. The normalized spacial score (nSPS) is 11.8. The van der Waals surface area contributed by atoms with Crippen LogP contribution in [0.4, 0.5) is 11.4 Å². The first-order valence-electron chi connectivity index (χ1n) is 10.5. The molecule has 0 saturated carbocycles. The molecule has 0 unspecified atom stereocenters. The molecule has 0 heterocycles. The van der Waals surface area contributed by atoms with Crippen LogP contribution in [0.3, 0.4) is 0 Å². The molecule has 0 fully saturated rings. The summed E-state index contributed by atoms with van der Waals surface area (Å²) in [4.78, 5) is 13.0. The van der Waals surface area contributed by atoms with Gasteiger partial charge in [-0.2, -0.15) is 0 Å². The highest BCUT2D eigenvalue weighted by Crippen LogP contribution is 2.29. The van der Waals surface area contributed by atoms with E-state index in [2.05, 4.69) is 5.32 Å². The van der Waals surface area contributed by atoms with E-state index in [4.69, 9.17) is 4.74 Å². The number of hydrogen-bond acceptors (Lipinski definition) is 6. The van der Waals surface area contributed by atoms with Gasteiger partial charge in [0.05, 0.1) is 28.3 Å². The van der Waals surface area contributed by atoms with E-state index in [0.29, 0.717) is 5.69 Å². The molecule has 0 spiro atoms. The van der Waals surface area contributed by atoms with Crippen molar-refractivity contribution in [1.29, 1.82) is 0 Å². The van der Waals surface area contributed by atoms with Crippen LogP contribution < -0.4 is 14.4 Å². The van der Waals surface area contributed by atoms with E-state index in [9.17, 15) is 21.6 Å². The number of nitrogens with one attached hydrogen (secondary N) is 1. The first-order chi connectivity index (χ1) is 16.4. The van der Waals surface area contributed by atoms with Crippen molar-refractivity contribution in [3.05, 3.63) is 77.9 Å². The molecular formula is C24H27N3O6S2. The molecule has 0 saturated heterocycles. The Kier molecular flexibility index (Phi) is 7.53. The Morgan fingerprint density at radius 3 is 1.91 bits per heavy atom. The number of carbonyl (C=O) groups is 1. The second-order valence-corrected chi connectivity index (χ2v) is 12.1. The predicted molar refractivity (Wildman–Crippen MR) is 135 cm³/mol. The maximum Gasteiger partial charge on any atom is 0.264 e. The smallest absolute Gasteiger partial charge is 0.264 e. The molecule has 9 nitrogen and oxygen atoms in total. The second kappa shape index (κ2) is 10.1. The summed E-state index contributed by atoms with van der Waals surface area (Å²) in [5.41, 5.74) is 1.75. The molecule has 11 heteroatoms. The van der Waals surface area contributed by atoms with Crippen LogP contribution in [0.25, 0.3) is 0 Å². The Balaban J connectivity index is 1.84. The molecule has 0 radical (unpaired) electrons. The molecule has 0 bridgehead atoms. The number of aryl methyl sites for hydroxylation is 1. The lowest BCUT2D eigenvalue weighted by molar-refractivity contribution is 0.102. The zero-order valence-corrected chi connectivity index (χ0v) is 21.6. The molecule has 1 amide bonds. The number of ether oxygens (including phenoxy) is 1. The summed E-state index contributed by atoms with van der Waals surface area (Å²) in [6, 6.07) is 16.7. The summed E-state index contributed by atoms with van der Waals surface area (Å²) >= 11 is 0. The molecule has 0 aliphatic heterocycles. The monoisotopic (exact) mass is 517 g/mol. The number of nitrogens with zero attached hydrogens (tertiary/aromatic N) is 2. The van der Waals surface area contributed by atoms with E-state index < -0.39 is 26.0 Å². The van der Waals surface area contributed by atoms with Gasteiger partial charge >= 0.3 is 0 Å². The summed E-state index contributed by atoms with van der Waals surface area (Å²) < 4.78 is 58.2. The Morgan fingerprint density at radius 1 is 0.800 bits per heavy atom. The Morgan fingerprint density at radius 2 is 1.37 bits per heavy atom. The summed E-state index contributed by atoms with van der Waals surface area (Å²) in [5, 5.41) is 2.66. The van der Waals surface area contributed by atoms with Crippen molar-refractivity contribution in [3.63, 3.8) is 0 Å². The average Bonchev–Trinajstić information content (AvgIpc) is 2.83. The van der Waals surface area contributed by atoms with Crippen molar-refractivity contribution in [2.45, 2.75) is 16.7 Å². The van der Waals surface area contributed by atoms with Crippen LogP contribution in [0, 0.1) is 6.92 Å². The van der Waals surface area contributed by atoms with Crippen LogP contribution in [0.5, 0.6) is 5.75 Å². The second-order valence-electron chi connectivity index (χ2n) is 7.94. The zero-order valence-electron chi connectivity index (χ0n) is 20.0. The Bertz CT molecular complexity index is 1430. The average molecular weight is 518 g/mol. The molecular weight excluding hydrogens is 490 g/mol. The van der Waals surface area contributed by atoms with Gasteiger partial charge in [0.15, 0.2) is 0 Å². The third-order valence-electron chi connectivity index (χ3n) is 5.37. The minimum absolute atomic E-state index is 0.00288. The van der Waals surface area contributed by atoms with Crippen molar-refractivity contribution in [3.8, 4) is 5.75 Å². The van der Waals surface area contributed by atoms with Crippen molar-refractivity contribution >= 4 is 37.3 Å². The highest BCUT2D eigenvalue weighted by molar-refractivity contribution is 7.92. The lowest BCUT2D eigenvalue weighted by Crippen LogP contribution is -2.26. The van der Waals surface area contributed by atoms with Gasteiger partial charge in [-0.25, -0.2) is 21.1 Å². The van der Waals surface area contributed by atoms with Crippen molar-refractivity contribution in [2.24, 2.45) is 0 Å². The summed E-state index contributed by atoms with van der Waals surface area (Å²) in [6.45, 7) is 1.87. The molecule has 3 rings (SSSR count). The number of rotatable bonds is 8. The van der Waals surface area contributed by atoms with Crippen LogP contribution in [0.15, 0.2) is 76.5 Å². The first kappa shape index (κ1) is 26.2. The number of methoxy groups -OCH3 is 1. The standard InChI is InChI=1S/C24H27N3O6S2/c1-17-6-12-20(13-7-17)35(31,32)27(4)19-10-8-18(9-11-19)24(28)25-22-16-21(14-15-23(22)33-5)34(29,30)26(2)3/h6-16H,1-5H3,(H,25,28). The van der Waals surface area contributed by atoms with E-state index >= 15 is 0 Å². The fourth-order valence-electron chi connectivity index (χ4n) is 3.18. The number of sulfonamides is 2. The molecule has 0 aliphatic carbocycles. The quantitative estimate of drug-likeness (QED) is 0.490. The molecule has 0 atom stereocenters. The molecule has 3 aromatic rings. The molecule has 35 heavy (non-hydrogen) atoms. The minimum Gasteiger partial charge on any atom is -0.495 e. The van der Waals surface area contributed by atoms with E-state index in [0.717, 1.165) is 14.2 Å². The van der Waals surface area contributed by atoms with Crippen molar-refractivity contribution in [1.82, 2.24) is 4.31 Å². The predicted octanol–water partition coefficient (Wildman–Crippen LogP) is 3.33. The lowest BCUT2D eigenvalue weighted by Gasteiger charge is -2.20. The highest BCUT2D eigenvalue weighted by atomic mass is 32.2. The van der Waals surface area contributed by atoms with Crippen LogP contribution in [-0.4, -0.2) is 55.3 Å². The third kappa shape index (κ3) is 5.47. The summed E-state index contributed by atoms with van der Waals surface area (Å²) in [6.07, 6.45) is 0. The van der Waals surface area contributed by atoms with E-state index in [1.165, 1.54) is 70.7 Å². The van der Waals surface area contributed by atoms with Gasteiger partial charge in [-0.15, -0.1) is 0 Å². The molecule has 0 aromatic heterocycles. The third-order valence-corrected chi connectivity index (χ3v) is 8.98. The van der Waals surface area contributed by atoms with Gasteiger partial charge in [-0.05, 0) is 61.5 Å². The number of carbonyl (C=O) groups excluding carboxylic acids is 1. The molecule has 0 aliphatic rings. The fourth-order valence-corrected chi connectivity index (χ4v) is 5.30. The Hall–Kier alpha value is -3.41. The fraction of sp³-hybridized carbons (Fsp3) is 0.208. The largest absolute Gasteiger partial charge is 0.495 e. The van der Waals surface area contributed by atoms with Gasteiger partial charge in [-0.1, -0.05) is 17.7 Å². The topological polar surface area (TPSA) is 113 Å².